The van der Waals surface area contributed by atoms with E-state index in [-0.39, 0.29) is 16.7 Å². The lowest BCUT2D eigenvalue weighted by atomic mass is 9.85. The molecular formula is C18H19N3O3. The van der Waals surface area contributed by atoms with Gasteiger partial charge in [-0.3, -0.25) is 0 Å². The van der Waals surface area contributed by atoms with E-state index in [1.165, 1.54) is 16.9 Å². The van der Waals surface area contributed by atoms with Gasteiger partial charge in [0, 0.05) is 5.56 Å². The minimum Gasteiger partial charge on any atom is -0.505 e. The molecule has 0 atom stereocenters. The Bertz CT molecular complexity index is 952. The van der Waals surface area contributed by atoms with Crippen molar-refractivity contribution in [3.05, 3.63) is 47.0 Å². The summed E-state index contributed by atoms with van der Waals surface area (Å²) in [5.41, 5.74) is 3.23. The van der Waals surface area contributed by atoms with Gasteiger partial charge < -0.3 is 10.2 Å². The number of hydrogen-bond donors (Lipinski definition) is 2. The van der Waals surface area contributed by atoms with Gasteiger partial charge in [0.15, 0.2) is 0 Å². The highest BCUT2D eigenvalue weighted by Crippen LogP contribution is 2.36. The predicted octanol–water partition coefficient (Wildman–Crippen LogP) is 3.43. The fourth-order valence-electron chi connectivity index (χ4n) is 2.64. The first-order chi connectivity index (χ1) is 11.2. The first-order valence-electron chi connectivity index (χ1n) is 7.61. The number of aryl methyl sites for hydroxylation is 1. The molecule has 1 aromatic heterocycles. The molecule has 0 unspecified atom stereocenters. The van der Waals surface area contributed by atoms with E-state index < -0.39 is 5.97 Å². The van der Waals surface area contributed by atoms with Crippen LogP contribution in [0.15, 0.2) is 30.3 Å². The molecule has 6 nitrogen and oxygen atoms in total. The number of nitrogens with zero attached hydrogens (tertiary/aromatic N) is 3. The van der Waals surface area contributed by atoms with Crippen molar-refractivity contribution >= 4 is 17.0 Å². The van der Waals surface area contributed by atoms with Crippen molar-refractivity contribution in [2.45, 2.75) is 33.1 Å². The molecule has 3 rings (SSSR count). The van der Waals surface area contributed by atoms with Crippen LogP contribution in [0.2, 0.25) is 0 Å². The quantitative estimate of drug-likeness (QED) is 0.753. The molecule has 2 N–H and O–H groups in total. The molecule has 0 fully saturated rings. The average Bonchev–Trinajstić information content (AvgIpc) is 2.90. The second kappa shape index (κ2) is 5.33. The number of aromatic hydroxyl groups is 1. The van der Waals surface area contributed by atoms with Crippen LogP contribution in [0.4, 0.5) is 0 Å². The summed E-state index contributed by atoms with van der Waals surface area (Å²) in [5.74, 6) is -0.883. The van der Waals surface area contributed by atoms with Gasteiger partial charge >= 0.3 is 5.97 Å². The highest BCUT2D eigenvalue weighted by atomic mass is 16.4. The number of hydrogen-bond acceptors (Lipinski definition) is 4. The van der Waals surface area contributed by atoms with Crippen molar-refractivity contribution in [1.82, 2.24) is 15.0 Å². The van der Waals surface area contributed by atoms with Crippen LogP contribution in [0.1, 0.15) is 42.3 Å². The van der Waals surface area contributed by atoms with Gasteiger partial charge in [0.2, 0.25) is 0 Å². The summed E-state index contributed by atoms with van der Waals surface area (Å²) in [6, 6.07) is 8.32. The molecule has 0 spiro atoms. The molecule has 124 valence electrons. The monoisotopic (exact) mass is 325 g/mol. The van der Waals surface area contributed by atoms with E-state index in [1.54, 1.807) is 6.07 Å². The van der Waals surface area contributed by atoms with E-state index in [0.717, 1.165) is 11.1 Å². The molecular weight excluding hydrogens is 306 g/mol. The largest absolute Gasteiger partial charge is 0.505 e. The summed E-state index contributed by atoms with van der Waals surface area (Å²) in [5, 5.41) is 28.4. The van der Waals surface area contributed by atoms with Crippen molar-refractivity contribution in [3.63, 3.8) is 0 Å². The van der Waals surface area contributed by atoms with Crippen LogP contribution in [0.3, 0.4) is 0 Å². The van der Waals surface area contributed by atoms with Crippen LogP contribution in [-0.4, -0.2) is 31.2 Å². The minimum absolute atomic E-state index is 0.131. The van der Waals surface area contributed by atoms with Crippen molar-refractivity contribution in [2.75, 3.05) is 0 Å². The number of aromatic nitrogens is 3. The van der Waals surface area contributed by atoms with Crippen molar-refractivity contribution in [2.24, 2.45) is 0 Å². The highest BCUT2D eigenvalue weighted by Gasteiger charge is 2.22. The van der Waals surface area contributed by atoms with E-state index in [1.807, 2.05) is 39.8 Å². The number of aromatic carboxylic acids is 1. The fourth-order valence-corrected chi connectivity index (χ4v) is 2.64. The number of fused-ring (bicyclic) bond motifs is 1. The van der Waals surface area contributed by atoms with Crippen LogP contribution in [0.5, 0.6) is 5.75 Å². The first kappa shape index (κ1) is 16.0. The molecule has 2 aromatic carbocycles. The predicted molar refractivity (Wildman–Crippen MR) is 90.9 cm³/mol. The van der Waals surface area contributed by atoms with Crippen molar-refractivity contribution in [1.29, 1.82) is 0 Å². The highest BCUT2D eigenvalue weighted by molar-refractivity contribution is 5.92. The first-order valence-corrected chi connectivity index (χ1v) is 7.61. The van der Waals surface area contributed by atoms with Gasteiger partial charge in [0.05, 0.1) is 5.56 Å². The molecule has 0 bridgehead atoms. The van der Waals surface area contributed by atoms with E-state index in [9.17, 15) is 9.90 Å². The molecule has 0 aliphatic rings. The summed E-state index contributed by atoms with van der Waals surface area (Å²) >= 11 is 0. The van der Waals surface area contributed by atoms with Gasteiger partial charge in [-0.15, -0.1) is 15.0 Å². The van der Waals surface area contributed by atoms with Crippen LogP contribution < -0.4 is 0 Å². The minimum atomic E-state index is -1.01. The summed E-state index contributed by atoms with van der Waals surface area (Å²) in [4.78, 5) is 12.4. The average molecular weight is 325 g/mol. The molecule has 3 aromatic rings. The molecule has 0 aliphatic heterocycles. The number of carboxylic acids is 1. The van der Waals surface area contributed by atoms with Gasteiger partial charge in [-0.1, -0.05) is 26.8 Å². The molecule has 6 heteroatoms. The Kier molecular flexibility index (Phi) is 3.55. The summed E-state index contributed by atoms with van der Waals surface area (Å²) < 4.78 is 0. The normalized spacial score (nSPS) is 11.8. The van der Waals surface area contributed by atoms with E-state index in [2.05, 4.69) is 10.2 Å². The second-order valence-corrected chi connectivity index (χ2v) is 6.93. The van der Waals surface area contributed by atoms with Gasteiger partial charge in [-0.25, -0.2) is 4.79 Å². The molecule has 0 radical (unpaired) electrons. The third-order valence-electron chi connectivity index (χ3n) is 3.88. The maximum absolute atomic E-state index is 11.1. The lowest BCUT2D eigenvalue weighted by Crippen LogP contribution is -2.13. The number of phenolic OH excluding ortho intramolecular Hbond substituents is 1. The molecule has 0 aliphatic carbocycles. The molecule has 1 heterocycles. The Morgan fingerprint density at radius 1 is 1.08 bits per heavy atom. The number of rotatable bonds is 2. The van der Waals surface area contributed by atoms with Gasteiger partial charge in [-0.05, 0) is 42.2 Å². The smallest absolute Gasteiger partial charge is 0.335 e. The summed E-state index contributed by atoms with van der Waals surface area (Å²) in [6.45, 7) is 8.02. The van der Waals surface area contributed by atoms with Crippen LogP contribution >= 0.6 is 0 Å². The molecule has 0 saturated heterocycles. The van der Waals surface area contributed by atoms with Crippen LogP contribution in [0.25, 0.3) is 16.7 Å². The lowest BCUT2D eigenvalue weighted by Gasteiger charge is -2.22. The Hall–Kier alpha value is -2.89. The summed E-state index contributed by atoms with van der Waals surface area (Å²) in [7, 11) is 0. The fraction of sp³-hybridized carbons (Fsp3) is 0.278. The van der Waals surface area contributed by atoms with Gasteiger partial charge in [0.25, 0.3) is 0 Å². The topological polar surface area (TPSA) is 88.2 Å². The van der Waals surface area contributed by atoms with Crippen molar-refractivity contribution in [3.8, 4) is 11.4 Å². The zero-order valence-electron chi connectivity index (χ0n) is 14.0. The summed E-state index contributed by atoms with van der Waals surface area (Å²) in [6.07, 6.45) is 0. The van der Waals surface area contributed by atoms with Gasteiger partial charge in [0.1, 0.15) is 22.5 Å². The standard InChI is InChI=1S/C18H19N3O3/c1-10-7-12(18(2,3)4)16(22)15(8-10)21-19-13-6-5-11(17(23)24)9-14(13)20-21/h5-9,22H,1-4H3,(H,23,24). The number of carbonyl (C=O) groups is 1. The van der Waals surface area contributed by atoms with E-state index in [4.69, 9.17) is 5.11 Å². The molecule has 0 saturated carbocycles. The Morgan fingerprint density at radius 3 is 2.38 bits per heavy atom. The molecule has 0 amide bonds. The Balaban J connectivity index is 2.20. The third-order valence-corrected chi connectivity index (χ3v) is 3.88. The SMILES string of the molecule is Cc1cc(-n2nc3ccc(C(=O)O)cc3n2)c(O)c(C(C)(C)C)c1. The number of phenols is 1. The second-order valence-electron chi connectivity index (χ2n) is 6.93. The Morgan fingerprint density at radius 2 is 1.75 bits per heavy atom. The van der Waals surface area contributed by atoms with Crippen LogP contribution in [0, 0.1) is 6.92 Å². The lowest BCUT2D eigenvalue weighted by molar-refractivity contribution is 0.0697. The number of carboxylic acid groups (broad SMARTS) is 1. The van der Waals surface area contributed by atoms with E-state index >= 15 is 0 Å². The Labute approximate surface area is 139 Å². The van der Waals surface area contributed by atoms with Crippen molar-refractivity contribution < 1.29 is 15.0 Å². The number of benzene rings is 2. The maximum Gasteiger partial charge on any atom is 0.335 e. The van der Waals surface area contributed by atoms with Gasteiger partial charge in [-0.2, -0.15) is 0 Å². The zero-order chi connectivity index (χ0) is 17.6. The van der Waals surface area contributed by atoms with Crippen LogP contribution in [-0.2, 0) is 5.41 Å². The molecule has 24 heavy (non-hydrogen) atoms. The maximum atomic E-state index is 11.1. The third kappa shape index (κ3) is 2.71. The van der Waals surface area contributed by atoms with E-state index in [0.29, 0.717) is 16.7 Å². The zero-order valence-corrected chi connectivity index (χ0v) is 14.0.